The molecule has 1 aliphatic heterocycles. The topological polar surface area (TPSA) is 84.9 Å². The minimum absolute atomic E-state index is 0.145. The van der Waals surface area contributed by atoms with Crippen molar-refractivity contribution in [2.75, 3.05) is 31.2 Å². The monoisotopic (exact) mass is 402 g/mol. The van der Waals surface area contributed by atoms with Crippen LogP contribution in [0.25, 0.3) is 6.08 Å². The van der Waals surface area contributed by atoms with Crippen LogP contribution >= 0.6 is 0 Å². The molecule has 1 aliphatic rings. The number of carbonyl (C=O) groups is 1. The van der Waals surface area contributed by atoms with Crippen LogP contribution < -0.4 is 14.2 Å². The van der Waals surface area contributed by atoms with E-state index in [1.54, 1.807) is 42.3 Å². The Balaban J connectivity index is 1.59. The summed E-state index contributed by atoms with van der Waals surface area (Å²) < 4.78 is 35.9. The average molecular weight is 402 g/mol. The summed E-state index contributed by atoms with van der Waals surface area (Å²) in [6, 6.07) is 12.4. The summed E-state index contributed by atoms with van der Waals surface area (Å²) in [7, 11) is -1.58. The minimum atomic E-state index is -3.31. The molecule has 0 aliphatic carbocycles. The number of rotatable bonds is 6. The molecule has 1 amide bonds. The van der Waals surface area contributed by atoms with Gasteiger partial charge < -0.3 is 14.4 Å². The van der Waals surface area contributed by atoms with Crippen molar-refractivity contribution in [1.82, 2.24) is 4.90 Å². The zero-order valence-corrected chi connectivity index (χ0v) is 16.5. The predicted molar refractivity (Wildman–Crippen MR) is 108 cm³/mol. The number of nitrogens with zero attached hydrogens (tertiary/aromatic N) is 1. The van der Waals surface area contributed by atoms with E-state index in [1.807, 2.05) is 18.2 Å². The van der Waals surface area contributed by atoms with Crippen molar-refractivity contribution in [3.63, 3.8) is 0 Å². The molecule has 2 aromatic carbocycles. The average Bonchev–Trinajstić information content (AvgIpc) is 2.66. The van der Waals surface area contributed by atoms with Crippen molar-refractivity contribution in [3.05, 3.63) is 59.7 Å². The Morgan fingerprint density at radius 3 is 2.46 bits per heavy atom. The summed E-state index contributed by atoms with van der Waals surface area (Å²) in [6.45, 7) is 1.50. The lowest BCUT2D eigenvalue weighted by Gasteiger charge is -2.20. The lowest BCUT2D eigenvalue weighted by Crippen LogP contribution is -2.24. The first-order chi connectivity index (χ1) is 13.3. The first-order valence-electron chi connectivity index (χ1n) is 8.70. The number of amides is 1. The maximum atomic E-state index is 12.4. The smallest absolute Gasteiger partial charge is 0.246 e. The van der Waals surface area contributed by atoms with Gasteiger partial charge in [0.1, 0.15) is 13.2 Å². The molecule has 0 fully saturated rings. The molecule has 1 heterocycles. The quantitative estimate of drug-likeness (QED) is 0.751. The summed E-state index contributed by atoms with van der Waals surface area (Å²) >= 11 is 0. The summed E-state index contributed by atoms with van der Waals surface area (Å²) in [5.41, 5.74) is 2.21. The number of anilines is 1. The Morgan fingerprint density at radius 1 is 1.11 bits per heavy atom. The Hall–Kier alpha value is -3.00. The van der Waals surface area contributed by atoms with Crippen LogP contribution in [0.1, 0.15) is 11.1 Å². The van der Waals surface area contributed by atoms with Crippen LogP contribution in [0.2, 0.25) is 0 Å². The molecule has 0 saturated carbocycles. The number of sulfonamides is 1. The second-order valence-electron chi connectivity index (χ2n) is 6.50. The van der Waals surface area contributed by atoms with Gasteiger partial charge in [0.05, 0.1) is 6.26 Å². The molecule has 1 N–H and O–H groups in total. The van der Waals surface area contributed by atoms with E-state index in [2.05, 4.69) is 4.72 Å². The van der Waals surface area contributed by atoms with Crippen molar-refractivity contribution >= 4 is 27.7 Å². The maximum Gasteiger partial charge on any atom is 0.246 e. The van der Waals surface area contributed by atoms with E-state index in [0.29, 0.717) is 31.2 Å². The normalized spacial score (nSPS) is 13.4. The molecule has 148 valence electrons. The Kier molecular flexibility index (Phi) is 5.89. The number of nitrogens with one attached hydrogen (secondary N) is 1. The van der Waals surface area contributed by atoms with Crippen molar-refractivity contribution in [2.45, 2.75) is 6.54 Å². The van der Waals surface area contributed by atoms with Gasteiger partial charge in [-0.15, -0.1) is 0 Å². The number of hydrogen-bond donors (Lipinski definition) is 1. The van der Waals surface area contributed by atoms with Gasteiger partial charge in [0.2, 0.25) is 15.9 Å². The fraction of sp³-hybridized carbons (Fsp3) is 0.250. The maximum absolute atomic E-state index is 12.4. The highest BCUT2D eigenvalue weighted by molar-refractivity contribution is 7.92. The van der Waals surface area contributed by atoms with E-state index in [1.165, 1.54) is 6.08 Å². The zero-order chi connectivity index (χ0) is 20.1. The lowest BCUT2D eigenvalue weighted by molar-refractivity contribution is -0.125. The SMILES string of the molecule is CN(Cc1ccc2c(c1)OCCO2)C(=O)/C=C/c1ccc(NS(C)(=O)=O)cc1. The van der Waals surface area contributed by atoms with E-state index in [0.717, 1.165) is 23.1 Å². The van der Waals surface area contributed by atoms with Gasteiger partial charge in [-0.2, -0.15) is 0 Å². The van der Waals surface area contributed by atoms with Crippen LogP contribution in [0.5, 0.6) is 11.5 Å². The van der Waals surface area contributed by atoms with Gasteiger partial charge in [-0.05, 0) is 41.5 Å². The highest BCUT2D eigenvalue weighted by Gasteiger charge is 2.13. The third kappa shape index (κ3) is 5.50. The molecular weight excluding hydrogens is 380 g/mol. The zero-order valence-electron chi connectivity index (χ0n) is 15.7. The van der Waals surface area contributed by atoms with Crippen LogP contribution in [0.3, 0.4) is 0 Å². The number of ether oxygens (including phenoxy) is 2. The van der Waals surface area contributed by atoms with Gasteiger partial charge in [0, 0.05) is 25.4 Å². The van der Waals surface area contributed by atoms with E-state index in [-0.39, 0.29) is 5.91 Å². The molecule has 0 atom stereocenters. The Morgan fingerprint density at radius 2 is 1.79 bits per heavy atom. The summed E-state index contributed by atoms with van der Waals surface area (Å²) in [5, 5.41) is 0. The minimum Gasteiger partial charge on any atom is -0.486 e. The number of fused-ring (bicyclic) bond motifs is 1. The highest BCUT2D eigenvalue weighted by atomic mass is 32.2. The summed E-state index contributed by atoms with van der Waals surface area (Å²) in [6.07, 6.45) is 4.26. The molecule has 8 heteroatoms. The van der Waals surface area contributed by atoms with Gasteiger partial charge in [-0.25, -0.2) is 8.42 Å². The predicted octanol–water partition coefficient (Wildman–Crippen LogP) is 2.50. The van der Waals surface area contributed by atoms with E-state index in [4.69, 9.17) is 9.47 Å². The molecule has 3 rings (SSSR count). The number of benzene rings is 2. The third-order valence-electron chi connectivity index (χ3n) is 4.03. The standard InChI is InChI=1S/C20H22N2O5S/c1-22(14-16-5-9-18-19(13-16)27-12-11-26-18)20(23)10-6-15-3-7-17(8-4-15)21-28(2,24)25/h3-10,13,21H,11-12,14H2,1-2H3/b10-6+. The summed E-state index contributed by atoms with van der Waals surface area (Å²) in [5.74, 6) is 1.27. The molecule has 0 radical (unpaired) electrons. The first kappa shape index (κ1) is 19.8. The molecule has 0 bridgehead atoms. The third-order valence-corrected chi connectivity index (χ3v) is 4.64. The van der Waals surface area contributed by atoms with Crippen molar-refractivity contribution in [1.29, 1.82) is 0 Å². The van der Waals surface area contributed by atoms with Gasteiger partial charge in [-0.3, -0.25) is 9.52 Å². The van der Waals surface area contributed by atoms with Gasteiger partial charge in [0.25, 0.3) is 0 Å². The lowest BCUT2D eigenvalue weighted by atomic mass is 10.1. The van der Waals surface area contributed by atoms with Crippen molar-refractivity contribution < 1.29 is 22.7 Å². The van der Waals surface area contributed by atoms with Gasteiger partial charge in [0.15, 0.2) is 11.5 Å². The van der Waals surface area contributed by atoms with E-state index >= 15 is 0 Å². The Bertz CT molecular complexity index is 984. The highest BCUT2D eigenvalue weighted by Crippen LogP contribution is 2.31. The molecule has 7 nitrogen and oxygen atoms in total. The molecule has 0 saturated heterocycles. The van der Waals surface area contributed by atoms with E-state index < -0.39 is 10.0 Å². The number of likely N-dealkylation sites (N-methyl/N-ethyl adjacent to an activating group) is 1. The van der Waals surface area contributed by atoms with Crippen LogP contribution in [-0.4, -0.2) is 45.7 Å². The van der Waals surface area contributed by atoms with Gasteiger partial charge in [-0.1, -0.05) is 18.2 Å². The first-order valence-corrected chi connectivity index (χ1v) is 10.6. The van der Waals surface area contributed by atoms with Crippen LogP contribution in [0, 0.1) is 0 Å². The molecule has 0 spiro atoms. The summed E-state index contributed by atoms with van der Waals surface area (Å²) in [4.78, 5) is 14.0. The largest absolute Gasteiger partial charge is 0.486 e. The molecule has 0 unspecified atom stereocenters. The molecule has 0 aromatic heterocycles. The fourth-order valence-electron chi connectivity index (χ4n) is 2.71. The number of hydrogen-bond acceptors (Lipinski definition) is 5. The van der Waals surface area contributed by atoms with Crippen LogP contribution in [0.15, 0.2) is 48.5 Å². The van der Waals surface area contributed by atoms with Crippen LogP contribution in [0.4, 0.5) is 5.69 Å². The molecule has 2 aromatic rings. The van der Waals surface area contributed by atoms with Crippen LogP contribution in [-0.2, 0) is 21.4 Å². The molecular formula is C20H22N2O5S. The second-order valence-corrected chi connectivity index (χ2v) is 8.25. The molecule has 28 heavy (non-hydrogen) atoms. The number of carbonyl (C=O) groups excluding carboxylic acids is 1. The van der Waals surface area contributed by atoms with E-state index in [9.17, 15) is 13.2 Å². The van der Waals surface area contributed by atoms with Gasteiger partial charge >= 0.3 is 0 Å². The second kappa shape index (κ2) is 8.35. The fourth-order valence-corrected chi connectivity index (χ4v) is 3.27. The Labute approximate surface area is 164 Å². The van der Waals surface area contributed by atoms with Crippen molar-refractivity contribution in [3.8, 4) is 11.5 Å². The van der Waals surface area contributed by atoms with Crippen molar-refractivity contribution in [2.24, 2.45) is 0 Å².